The van der Waals surface area contributed by atoms with Crippen LogP contribution < -0.4 is 10.6 Å². The summed E-state index contributed by atoms with van der Waals surface area (Å²) in [4.78, 5) is 42.0. The topological polar surface area (TPSA) is 91.4 Å². The first kappa shape index (κ1) is 19.0. The van der Waals surface area contributed by atoms with Gasteiger partial charge in [0.05, 0.1) is 0 Å². The quantitative estimate of drug-likeness (QED) is 0.715. The molecule has 0 unspecified atom stereocenters. The molecule has 0 aliphatic carbocycles. The molecule has 1 aliphatic rings. The lowest BCUT2D eigenvalue weighted by Gasteiger charge is -2.14. The molecule has 0 radical (unpaired) electrons. The number of hydrogen-bond acceptors (Lipinski definition) is 5. The summed E-state index contributed by atoms with van der Waals surface area (Å²) < 4.78 is 0. The molecule has 3 amide bonds. The Kier molecular flexibility index (Phi) is 6.18. The highest BCUT2D eigenvalue weighted by molar-refractivity contribution is 7.14. The highest BCUT2D eigenvalue weighted by Gasteiger charge is 2.19. The molecular weight excluding hydrogens is 364 g/mol. The minimum Gasteiger partial charge on any atom is -0.351 e. The van der Waals surface area contributed by atoms with E-state index in [0.29, 0.717) is 36.6 Å². The number of carbonyl (C=O) groups excluding carboxylic acids is 3. The average Bonchev–Trinajstić information content (AvgIpc) is 3.28. The Bertz CT molecular complexity index is 849. The van der Waals surface area contributed by atoms with Crippen LogP contribution in [0.3, 0.4) is 0 Å². The van der Waals surface area contributed by atoms with Crippen LogP contribution in [0.1, 0.15) is 45.7 Å². The van der Waals surface area contributed by atoms with Crippen molar-refractivity contribution in [3.63, 3.8) is 0 Å². The number of rotatable bonds is 7. The molecule has 1 aromatic heterocycles. The third-order valence-corrected chi connectivity index (χ3v) is 5.17. The fourth-order valence-electron chi connectivity index (χ4n) is 2.93. The van der Waals surface area contributed by atoms with Crippen molar-refractivity contribution < 1.29 is 14.4 Å². The summed E-state index contributed by atoms with van der Waals surface area (Å²) in [5, 5.41) is 7.53. The highest BCUT2D eigenvalue weighted by Crippen LogP contribution is 2.17. The average molecular weight is 386 g/mol. The maximum Gasteiger partial charge on any atom is 0.270 e. The summed E-state index contributed by atoms with van der Waals surface area (Å²) in [5.74, 6) is -0.338. The van der Waals surface area contributed by atoms with E-state index in [1.54, 1.807) is 17.5 Å². The van der Waals surface area contributed by atoms with Crippen molar-refractivity contribution in [2.45, 2.75) is 26.2 Å². The molecule has 3 rings (SSSR count). The lowest BCUT2D eigenvalue weighted by molar-refractivity contribution is -0.127. The number of hydrogen-bond donors (Lipinski definition) is 2. The molecule has 27 heavy (non-hydrogen) atoms. The fraction of sp³-hybridized carbons (Fsp3) is 0.368. The van der Waals surface area contributed by atoms with Gasteiger partial charge in [-0.2, -0.15) is 0 Å². The number of thiazole rings is 1. The summed E-state index contributed by atoms with van der Waals surface area (Å²) in [6.07, 6.45) is 2.25. The largest absolute Gasteiger partial charge is 0.351 e. The van der Waals surface area contributed by atoms with Crippen LogP contribution in [0.25, 0.3) is 0 Å². The van der Waals surface area contributed by atoms with Crippen LogP contribution in [0.15, 0.2) is 29.6 Å². The van der Waals surface area contributed by atoms with Crippen LogP contribution in [0, 0.1) is 6.92 Å². The Morgan fingerprint density at radius 3 is 2.81 bits per heavy atom. The molecule has 2 heterocycles. The van der Waals surface area contributed by atoms with Gasteiger partial charge in [0.1, 0.15) is 5.69 Å². The van der Waals surface area contributed by atoms with Gasteiger partial charge in [0.15, 0.2) is 5.13 Å². The van der Waals surface area contributed by atoms with E-state index >= 15 is 0 Å². The minimum atomic E-state index is -0.282. The lowest BCUT2D eigenvalue weighted by atomic mass is 10.1. The van der Waals surface area contributed by atoms with Gasteiger partial charge in [-0.15, -0.1) is 11.3 Å². The van der Waals surface area contributed by atoms with Crippen molar-refractivity contribution in [1.82, 2.24) is 15.2 Å². The molecule has 1 aliphatic heterocycles. The number of nitrogens with zero attached hydrogens (tertiary/aromatic N) is 2. The zero-order valence-electron chi connectivity index (χ0n) is 15.2. The van der Waals surface area contributed by atoms with Crippen LogP contribution >= 0.6 is 11.3 Å². The molecule has 1 aromatic carbocycles. The Labute approximate surface area is 161 Å². The van der Waals surface area contributed by atoms with Gasteiger partial charge in [0, 0.05) is 37.0 Å². The Hall–Kier alpha value is -2.74. The maximum atomic E-state index is 12.3. The van der Waals surface area contributed by atoms with Gasteiger partial charge >= 0.3 is 0 Å². The van der Waals surface area contributed by atoms with Gasteiger partial charge in [0.2, 0.25) is 5.91 Å². The Balaban J connectivity index is 1.46. The zero-order chi connectivity index (χ0) is 19.2. The standard InChI is InChI=1S/C19H22N4O3S/c1-13-6-2-3-7-14(13)17(25)22-19-21-15(12-27-19)18(26)20-9-5-11-23-10-4-8-16(23)24/h2-3,6-7,12H,4-5,8-11H2,1H3,(H,20,26)(H,21,22,25). The summed E-state index contributed by atoms with van der Waals surface area (Å²) in [6, 6.07) is 7.29. The zero-order valence-corrected chi connectivity index (χ0v) is 16.0. The van der Waals surface area contributed by atoms with Gasteiger partial charge in [-0.3, -0.25) is 19.7 Å². The van der Waals surface area contributed by atoms with Crippen LogP contribution in [0.2, 0.25) is 0 Å². The normalized spacial score (nSPS) is 13.7. The summed E-state index contributed by atoms with van der Waals surface area (Å²) in [7, 11) is 0. The predicted molar refractivity (Wildman–Crippen MR) is 104 cm³/mol. The number of aromatic nitrogens is 1. The molecule has 2 N–H and O–H groups in total. The monoisotopic (exact) mass is 386 g/mol. The number of anilines is 1. The highest BCUT2D eigenvalue weighted by atomic mass is 32.1. The molecular formula is C19H22N4O3S. The van der Waals surface area contributed by atoms with Crippen molar-refractivity contribution in [3.05, 3.63) is 46.5 Å². The third kappa shape index (κ3) is 4.91. The Morgan fingerprint density at radius 1 is 1.26 bits per heavy atom. The summed E-state index contributed by atoms with van der Waals surface area (Å²) >= 11 is 1.21. The molecule has 1 saturated heterocycles. The van der Waals surface area contributed by atoms with Gasteiger partial charge in [-0.05, 0) is 31.4 Å². The first-order valence-electron chi connectivity index (χ1n) is 8.93. The predicted octanol–water partition coefficient (Wildman–Crippen LogP) is 2.45. The molecule has 7 nitrogen and oxygen atoms in total. The third-order valence-electron chi connectivity index (χ3n) is 4.41. The first-order valence-corrected chi connectivity index (χ1v) is 9.81. The second-order valence-corrected chi connectivity index (χ2v) is 7.26. The van der Waals surface area contributed by atoms with Crippen LogP contribution in [0.5, 0.6) is 0 Å². The van der Waals surface area contributed by atoms with E-state index in [-0.39, 0.29) is 23.4 Å². The van der Waals surface area contributed by atoms with Gasteiger partial charge in [-0.25, -0.2) is 4.98 Å². The van der Waals surface area contributed by atoms with E-state index in [1.807, 2.05) is 24.0 Å². The molecule has 0 bridgehead atoms. The van der Waals surface area contributed by atoms with Gasteiger partial charge in [-0.1, -0.05) is 18.2 Å². The molecule has 0 atom stereocenters. The van der Waals surface area contributed by atoms with Gasteiger partial charge < -0.3 is 10.2 Å². The van der Waals surface area contributed by atoms with Crippen molar-refractivity contribution >= 4 is 34.2 Å². The van der Waals surface area contributed by atoms with Crippen LogP contribution in [0.4, 0.5) is 5.13 Å². The molecule has 0 saturated carbocycles. The van der Waals surface area contributed by atoms with Gasteiger partial charge in [0.25, 0.3) is 11.8 Å². The van der Waals surface area contributed by atoms with Crippen LogP contribution in [-0.2, 0) is 4.79 Å². The van der Waals surface area contributed by atoms with E-state index in [2.05, 4.69) is 15.6 Å². The summed E-state index contributed by atoms with van der Waals surface area (Å²) in [5.41, 5.74) is 1.73. The number of carbonyl (C=O) groups is 3. The van der Waals surface area contributed by atoms with E-state index in [4.69, 9.17) is 0 Å². The second kappa shape index (κ2) is 8.77. The second-order valence-electron chi connectivity index (χ2n) is 6.40. The molecule has 8 heteroatoms. The number of likely N-dealkylation sites (tertiary alicyclic amines) is 1. The van der Waals surface area contributed by atoms with E-state index in [9.17, 15) is 14.4 Å². The smallest absolute Gasteiger partial charge is 0.270 e. The maximum absolute atomic E-state index is 12.3. The number of amides is 3. The Morgan fingerprint density at radius 2 is 2.07 bits per heavy atom. The van der Waals surface area contributed by atoms with E-state index in [0.717, 1.165) is 18.5 Å². The van der Waals surface area contributed by atoms with Crippen molar-refractivity contribution in [1.29, 1.82) is 0 Å². The number of benzene rings is 1. The summed E-state index contributed by atoms with van der Waals surface area (Å²) in [6.45, 7) is 3.81. The van der Waals surface area contributed by atoms with Crippen LogP contribution in [-0.4, -0.2) is 47.2 Å². The molecule has 2 aromatic rings. The molecule has 1 fully saturated rings. The van der Waals surface area contributed by atoms with Crippen molar-refractivity contribution in [2.75, 3.05) is 25.0 Å². The molecule has 0 spiro atoms. The van der Waals surface area contributed by atoms with E-state index in [1.165, 1.54) is 11.3 Å². The van der Waals surface area contributed by atoms with Crippen molar-refractivity contribution in [3.8, 4) is 0 Å². The lowest BCUT2D eigenvalue weighted by Crippen LogP contribution is -2.30. The SMILES string of the molecule is Cc1ccccc1C(=O)Nc1nc(C(=O)NCCCN2CCCC2=O)cs1. The molecule has 142 valence electrons. The van der Waals surface area contributed by atoms with E-state index < -0.39 is 0 Å². The first-order chi connectivity index (χ1) is 13.0. The van der Waals surface area contributed by atoms with Crippen molar-refractivity contribution in [2.24, 2.45) is 0 Å². The number of nitrogens with one attached hydrogen (secondary N) is 2. The fourth-order valence-corrected chi connectivity index (χ4v) is 3.62. The number of aryl methyl sites for hydroxylation is 1. The minimum absolute atomic E-state index is 0.190.